The molecular formula is C25H29N5O. The number of anilines is 2. The van der Waals surface area contributed by atoms with Crippen LogP contribution in [0.4, 0.5) is 16.3 Å². The van der Waals surface area contributed by atoms with Gasteiger partial charge in [-0.3, -0.25) is 0 Å². The molecule has 1 fully saturated rings. The maximum Gasteiger partial charge on any atom is 0.321 e. The Morgan fingerprint density at radius 1 is 0.871 bits per heavy atom. The Balaban J connectivity index is 1.34. The Kier molecular flexibility index (Phi) is 6.46. The van der Waals surface area contributed by atoms with E-state index in [-0.39, 0.29) is 6.03 Å². The Bertz CT molecular complexity index is 1010. The third kappa shape index (κ3) is 4.85. The number of nitrogens with zero attached hydrogens (tertiary/aromatic N) is 4. The number of aryl methyl sites for hydroxylation is 2. The van der Waals surface area contributed by atoms with Gasteiger partial charge in [-0.1, -0.05) is 56.3 Å². The van der Waals surface area contributed by atoms with Crippen molar-refractivity contribution >= 4 is 17.5 Å². The third-order valence-corrected chi connectivity index (χ3v) is 5.84. The van der Waals surface area contributed by atoms with E-state index in [1.807, 2.05) is 41.3 Å². The first-order valence-electron chi connectivity index (χ1n) is 11.0. The second-order valence-electron chi connectivity index (χ2n) is 7.74. The lowest BCUT2D eigenvalue weighted by molar-refractivity contribution is 0.208. The predicted molar refractivity (Wildman–Crippen MR) is 125 cm³/mol. The van der Waals surface area contributed by atoms with Gasteiger partial charge >= 0.3 is 6.03 Å². The van der Waals surface area contributed by atoms with Crippen LogP contribution in [0.15, 0.2) is 60.7 Å². The highest BCUT2D eigenvalue weighted by Crippen LogP contribution is 2.21. The van der Waals surface area contributed by atoms with Crippen LogP contribution in [-0.2, 0) is 12.8 Å². The van der Waals surface area contributed by atoms with Gasteiger partial charge in [0, 0.05) is 37.4 Å². The molecule has 1 aliphatic heterocycles. The zero-order valence-corrected chi connectivity index (χ0v) is 18.2. The van der Waals surface area contributed by atoms with E-state index in [1.165, 1.54) is 5.56 Å². The van der Waals surface area contributed by atoms with Crippen LogP contribution in [0.25, 0.3) is 11.3 Å². The second kappa shape index (κ2) is 9.60. The fourth-order valence-electron chi connectivity index (χ4n) is 3.84. The lowest BCUT2D eigenvalue weighted by atomic mass is 10.1. The van der Waals surface area contributed by atoms with Crippen molar-refractivity contribution in [1.82, 2.24) is 15.1 Å². The molecule has 6 heteroatoms. The molecule has 1 aliphatic rings. The SMILES string of the molecule is CCc1ccc(-c2ccc(N3CCN(C(=O)Nc4ccccc4CC)CC3)nn2)cc1. The summed E-state index contributed by atoms with van der Waals surface area (Å²) in [5.41, 5.74) is 5.30. The summed E-state index contributed by atoms with van der Waals surface area (Å²) in [6, 6.07) is 20.4. The lowest BCUT2D eigenvalue weighted by Gasteiger charge is -2.35. The van der Waals surface area contributed by atoms with Crippen LogP contribution in [0.2, 0.25) is 0 Å². The monoisotopic (exact) mass is 415 g/mol. The zero-order chi connectivity index (χ0) is 21.6. The van der Waals surface area contributed by atoms with Gasteiger partial charge in [0.25, 0.3) is 0 Å². The summed E-state index contributed by atoms with van der Waals surface area (Å²) in [5.74, 6) is 0.852. The number of hydrogen-bond acceptors (Lipinski definition) is 4. The van der Waals surface area contributed by atoms with Crippen LogP contribution in [0.5, 0.6) is 0 Å². The fraction of sp³-hybridized carbons (Fsp3) is 0.320. The maximum atomic E-state index is 12.7. The van der Waals surface area contributed by atoms with Gasteiger partial charge in [0.2, 0.25) is 0 Å². The van der Waals surface area contributed by atoms with E-state index in [0.29, 0.717) is 13.1 Å². The summed E-state index contributed by atoms with van der Waals surface area (Å²) in [7, 11) is 0. The molecule has 0 atom stereocenters. The number of piperazine rings is 1. The van der Waals surface area contributed by atoms with Crippen molar-refractivity contribution in [2.24, 2.45) is 0 Å². The number of rotatable bonds is 5. The molecule has 4 rings (SSSR count). The van der Waals surface area contributed by atoms with Crippen LogP contribution in [0, 0.1) is 0 Å². The molecule has 2 heterocycles. The average molecular weight is 416 g/mol. The van der Waals surface area contributed by atoms with Crippen LogP contribution in [0.3, 0.4) is 0 Å². The molecule has 1 N–H and O–H groups in total. The largest absolute Gasteiger partial charge is 0.352 e. The fourth-order valence-corrected chi connectivity index (χ4v) is 3.84. The zero-order valence-electron chi connectivity index (χ0n) is 18.2. The van der Waals surface area contributed by atoms with Crippen molar-refractivity contribution in [3.8, 4) is 11.3 Å². The van der Waals surface area contributed by atoms with Gasteiger partial charge in [-0.05, 0) is 42.2 Å². The number of carbonyl (C=O) groups excluding carboxylic acids is 1. The molecule has 0 saturated carbocycles. The first-order valence-corrected chi connectivity index (χ1v) is 11.0. The van der Waals surface area contributed by atoms with Gasteiger partial charge < -0.3 is 15.1 Å². The van der Waals surface area contributed by atoms with Gasteiger partial charge in [-0.15, -0.1) is 10.2 Å². The van der Waals surface area contributed by atoms with Crippen LogP contribution >= 0.6 is 0 Å². The summed E-state index contributed by atoms with van der Waals surface area (Å²) >= 11 is 0. The molecular weight excluding hydrogens is 386 g/mol. The minimum absolute atomic E-state index is 0.0440. The minimum Gasteiger partial charge on any atom is -0.352 e. The normalized spacial score (nSPS) is 13.9. The Morgan fingerprint density at radius 2 is 1.61 bits per heavy atom. The first kappa shape index (κ1) is 20.8. The van der Waals surface area contributed by atoms with Crippen molar-refractivity contribution in [1.29, 1.82) is 0 Å². The molecule has 0 bridgehead atoms. The molecule has 0 spiro atoms. The summed E-state index contributed by atoms with van der Waals surface area (Å²) in [6.45, 7) is 7.03. The van der Waals surface area contributed by atoms with Crippen molar-refractivity contribution in [2.75, 3.05) is 36.4 Å². The molecule has 160 valence electrons. The van der Waals surface area contributed by atoms with E-state index in [9.17, 15) is 4.79 Å². The lowest BCUT2D eigenvalue weighted by Crippen LogP contribution is -2.50. The summed E-state index contributed by atoms with van der Waals surface area (Å²) in [4.78, 5) is 16.7. The molecule has 31 heavy (non-hydrogen) atoms. The van der Waals surface area contributed by atoms with E-state index in [0.717, 1.165) is 54.3 Å². The number of amides is 2. The number of hydrogen-bond donors (Lipinski definition) is 1. The summed E-state index contributed by atoms with van der Waals surface area (Å²) in [5, 5.41) is 11.9. The number of aromatic nitrogens is 2. The topological polar surface area (TPSA) is 61.4 Å². The Hall–Kier alpha value is -3.41. The molecule has 0 unspecified atom stereocenters. The second-order valence-corrected chi connectivity index (χ2v) is 7.74. The van der Waals surface area contributed by atoms with Gasteiger partial charge in [-0.2, -0.15) is 0 Å². The standard InChI is InChI=1S/C25H29N5O/c1-3-19-9-11-21(12-10-19)23-13-14-24(28-27-23)29-15-17-30(18-16-29)25(31)26-22-8-6-5-7-20(22)4-2/h5-14H,3-4,15-18H2,1-2H3,(H,26,31). The molecule has 2 amide bonds. The van der Waals surface area contributed by atoms with Crippen LogP contribution in [-0.4, -0.2) is 47.3 Å². The molecule has 1 saturated heterocycles. The van der Waals surface area contributed by atoms with Gasteiger partial charge in [-0.25, -0.2) is 4.79 Å². The maximum absolute atomic E-state index is 12.7. The highest BCUT2D eigenvalue weighted by molar-refractivity contribution is 5.90. The highest BCUT2D eigenvalue weighted by Gasteiger charge is 2.22. The minimum atomic E-state index is -0.0440. The van der Waals surface area contributed by atoms with Crippen molar-refractivity contribution in [3.05, 3.63) is 71.8 Å². The summed E-state index contributed by atoms with van der Waals surface area (Å²) < 4.78 is 0. The predicted octanol–water partition coefficient (Wildman–Crippen LogP) is 4.62. The third-order valence-electron chi connectivity index (χ3n) is 5.84. The highest BCUT2D eigenvalue weighted by atomic mass is 16.2. The number of urea groups is 1. The van der Waals surface area contributed by atoms with Crippen molar-refractivity contribution < 1.29 is 4.79 Å². The van der Waals surface area contributed by atoms with Crippen molar-refractivity contribution in [3.63, 3.8) is 0 Å². The Labute approximate surface area is 183 Å². The number of benzene rings is 2. The molecule has 1 aromatic heterocycles. The Morgan fingerprint density at radius 3 is 2.26 bits per heavy atom. The molecule has 0 radical (unpaired) electrons. The van der Waals surface area contributed by atoms with E-state index >= 15 is 0 Å². The molecule has 3 aromatic rings. The smallest absolute Gasteiger partial charge is 0.321 e. The van der Waals surface area contributed by atoms with Gasteiger partial charge in [0.15, 0.2) is 5.82 Å². The van der Waals surface area contributed by atoms with Crippen molar-refractivity contribution in [2.45, 2.75) is 26.7 Å². The summed E-state index contributed by atoms with van der Waals surface area (Å²) in [6.07, 6.45) is 1.92. The molecule has 0 aliphatic carbocycles. The van der Waals surface area contributed by atoms with Crippen LogP contribution in [0.1, 0.15) is 25.0 Å². The van der Waals surface area contributed by atoms with Gasteiger partial charge in [0.05, 0.1) is 5.69 Å². The van der Waals surface area contributed by atoms with Gasteiger partial charge in [0.1, 0.15) is 0 Å². The van der Waals surface area contributed by atoms with E-state index in [2.05, 4.69) is 58.5 Å². The first-order chi connectivity index (χ1) is 15.2. The van der Waals surface area contributed by atoms with Crippen LogP contribution < -0.4 is 10.2 Å². The quantitative estimate of drug-likeness (QED) is 0.660. The van der Waals surface area contributed by atoms with E-state index < -0.39 is 0 Å². The molecule has 2 aromatic carbocycles. The number of para-hydroxylation sites is 1. The van der Waals surface area contributed by atoms with E-state index in [4.69, 9.17) is 0 Å². The van der Waals surface area contributed by atoms with E-state index in [1.54, 1.807) is 0 Å². The molecule has 6 nitrogen and oxygen atoms in total. The number of carbonyl (C=O) groups is 1. The number of nitrogens with one attached hydrogen (secondary N) is 1. The average Bonchev–Trinajstić information content (AvgIpc) is 2.84.